The number of rotatable bonds is 4. The molecule has 0 atom stereocenters. The topological polar surface area (TPSA) is 83.9 Å². The summed E-state index contributed by atoms with van der Waals surface area (Å²) in [6, 6.07) is 19.4. The lowest BCUT2D eigenvalue weighted by Gasteiger charge is -2.15. The first-order valence-electron chi connectivity index (χ1n) is 8.58. The fourth-order valence-electron chi connectivity index (χ4n) is 3.08. The van der Waals surface area contributed by atoms with Gasteiger partial charge in [0.2, 0.25) is 0 Å². The van der Waals surface area contributed by atoms with E-state index in [1.165, 1.54) is 12.1 Å². The number of amides is 2. The van der Waals surface area contributed by atoms with Crippen molar-refractivity contribution in [3.8, 4) is 5.75 Å². The number of ether oxygens (including phenoxy) is 1. The van der Waals surface area contributed by atoms with E-state index in [-0.39, 0.29) is 29.7 Å². The minimum atomic E-state index is -0.663. The van der Waals surface area contributed by atoms with Crippen LogP contribution in [0, 0.1) is 0 Å². The first kappa shape index (κ1) is 17.5. The Morgan fingerprint density at radius 3 is 2.18 bits per heavy atom. The van der Waals surface area contributed by atoms with Gasteiger partial charge in [-0.3, -0.25) is 9.59 Å². The SMILES string of the molecule is O=C(OCc1cccc(N2C(=O)c3ccccc3C2=O)c1)c1ccccc1O. The van der Waals surface area contributed by atoms with Gasteiger partial charge in [0.25, 0.3) is 11.8 Å². The molecule has 138 valence electrons. The number of phenols is 1. The summed E-state index contributed by atoms with van der Waals surface area (Å²) < 4.78 is 5.24. The third kappa shape index (κ3) is 3.01. The molecule has 0 spiro atoms. The Morgan fingerprint density at radius 1 is 0.857 bits per heavy atom. The van der Waals surface area contributed by atoms with E-state index in [1.807, 2.05) is 0 Å². The molecule has 1 aliphatic heterocycles. The van der Waals surface area contributed by atoms with Gasteiger partial charge >= 0.3 is 5.97 Å². The lowest BCUT2D eigenvalue weighted by Crippen LogP contribution is -2.29. The molecule has 0 fully saturated rings. The van der Waals surface area contributed by atoms with Crippen LogP contribution in [0.5, 0.6) is 5.75 Å². The monoisotopic (exact) mass is 373 g/mol. The van der Waals surface area contributed by atoms with Gasteiger partial charge in [0.15, 0.2) is 0 Å². The van der Waals surface area contributed by atoms with Crippen molar-refractivity contribution < 1.29 is 24.2 Å². The molecule has 6 heteroatoms. The van der Waals surface area contributed by atoms with Crippen LogP contribution in [-0.4, -0.2) is 22.9 Å². The van der Waals surface area contributed by atoms with Crippen molar-refractivity contribution in [1.82, 2.24) is 0 Å². The number of hydrogen-bond donors (Lipinski definition) is 1. The zero-order chi connectivity index (χ0) is 19.7. The fraction of sp³-hybridized carbons (Fsp3) is 0.0455. The quantitative estimate of drug-likeness (QED) is 0.558. The maximum Gasteiger partial charge on any atom is 0.342 e. The number of hydrogen-bond acceptors (Lipinski definition) is 5. The van der Waals surface area contributed by atoms with Gasteiger partial charge in [0, 0.05) is 0 Å². The first-order valence-corrected chi connectivity index (χ1v) is 8.58. The van der Waals surface area contributed by atoms with Crippen LogP contribution in [0.25, 0.3) is 0 Å². The normalized spacial score (nSPS) is 12.8. The predicted octanol–water partition coefficient (Wildman–Crippen LogP) is 3.55. The molecule has 4 rings (SSSR count). The summed E-state index contributed by atoms with van der Waals surface area (Å²) in [5.41, 5.74) is 1.81. The molecule has 0 saturated heterocycles. The van der Waals surface area contributed by atoms with Crippen molar-refractivity contribution in [2.45, 2.75) is 6.61 Å². The summed E-state index contributed by atoms with van der Waals surface area (Å²) in [6.45, 7) is -0.0653. The Hall–Kier alpha value is -3.93. The number of nitrogens with zero attached hydrogens (tertiary/aromatic N) is 1. The van der Waals surface area contributed by atoms with E-state index < -0.39 is 5.97 Å². The number of imide groups is 1. The summed E-state index contributed by atoms with van der Waals surface area (Å²) in [5.74, 6) is -1.59. The second-order valence-corrected chi connectivity index (χ2v) is 6.25. The van der Waals surface area contributed by atoms with Gasteiger partial charge in [0.05, 0.1) is 16.8 Å². The molecule has 0 saturated carbocycles. The third-order valence-corrected chi connectivity index (χ3v) is 4.46. The molecule has 1 aliphatic rings. The van der Waals surface area contributed by atoms with Gasteiger partial charge < -0.3 is 9.84 Å². The Balaban J connectivity index is 1.53. The van der Waals surface area contributed by atoms with Crippen molar-refractivity contribution in [3.05, 3.63) is 95.1 Å². The Morgan fingerprint density at radius 2 is 1.50 bits per heavy atom. The van der Waals surface area contributed by atoms with Gasteiger partial charge in [-0.25, -0.2) is 9.69 Å². The zero-order valence-electron chi connectivity index (χ0n) is 14.7. The summed E-state index contributed by atoms with van der Waals surface area (Å²) in [5, 5.41) is 9.73. The summed E-state index contributed by atoms with van der Waals surface area (Å²) in [6.07, 6.45) is 0. The van der Waals surface area contributed by atoms with Crippen LogP contribution in [0.15, 0.2) is 72.8 Å². The van der Waals surface area contributed by atoms with Crippen molar-refractivity contribution in [2.24, 2.45) is 0 Å². The summed E-state index contributed by atoms with van der Waals surface area (Å²) in [4.78, 5) is 38.4. The highest BCUT2D eigenvalue weighted by Gasteiger charge is 2.36. The Labute approximate surface area is 160 Å². The number of para-hydroxylation sites is 1. The number of carbonyl (C=O) groups excluding carboxylic acids is 3. The second kappa shape index (κ2) is 7.00. The van der Waals surface area contributed by atoms with Crippen molar-refractivity contribution in [2.75, 3.05) is 4.90 Å². The molecule has 0 radical (unpaired) electrons. The number of benzene rings is 3. The number of phenolic OH excluding ortho intramolecular Hbond substituents is 1. The molecular weight excluding hydrogens is 358 g/mol. The molecule has 0 aromatic heterocycles. The van der Waals surface area contributed by atoms with E-state index >= 15 is 0 Å². The molecule has 0 bridgehead atoms. The van der Waals surface area contributed by atoms with Crippen molar-refractivity contribution in [1.29, 1.82) is 0 Å². The molecule has 28 heavy (non-hydrogen) atoms. The lowest BCUT2D eigenvalue weighted by atomic mass is 10.1. The average molecular weight is 373 g/mol. The van der Waals surface area contributed by atoms with Crippen LogP contribution < -0.4 is 4.90 Å². The van der Waals surface area contributed by atoms with E-state index in [9.17, 15) is 19.5 Å². The lowest BCUT2D eigenvalue weighted by molar-refractivity contribution is 0.0469. The molecular formula is C22H15NO5. The van der Waals surface area contributed by atoms with Crippen LogP contribution in [0.3, 0.4) is 0 Å². The highest BCUT2D eigenvalue weighted by molar-refractivity contribution is 6.34. The molecule has 2 amide bonds. The number of esters is 1. The van der Waals surface area contributed by atoms with Crippen LogP contribution in [-0.2, 0) is 11.3 Å². The van der Waals surface area contributed by atoms with Crippen LogP contribution in [0.2, 0.25) is 0 Å². The average Bonchev–Trinajstić information content (AvgIpc) is 2.97. The van der Waals surface area contributed by atoms with E-state index in [0.29, 0.717) is 22.4 Å². The number of anilines is 1. The van der Waals surface area contributed by atoms with Crippen LogP contribution >= 0.6 is 0 Å². The number of carbonyl (C=O) groups is 3. The van der Waals surface area contributed by atoms with Gasteiger partial charge in [-0.05, 0) is 42.0 Å². The molecule has 6 nitrogen and oxygen atoms in total. The summed E-state index contributed by atoms with van der Waals surface area (Å²) in [7, 11) is 0. The standard InChI is InChI=1S/C22H15NO5/c24-19-11-4-3-10-18(19)22(27)28-13-14-6-5-7-15(12-14)23-20(25)16-8-1-2-9-17(16)21(23)26/h1-12,24H,13H2. The van der Waals surface area contributed by atoms with Crippen molar-refractivity contribution in [3.63, 3.8) is 0 Å². The second-order valence-electron chi connectivity index (χ2n) is 6.25. The van der Waals surface area contributed by atoms with Crippen molar-refractivity contribution >= 4 is 23.5 Å². The first-order chi connectivity index (χ1) is 13.6. The molecule has 3 aromatic rings. The Bertz CT molecular complexity index is 1070. The van der Waals surface area contributed by atoms with E-state index in [4.69, 9.17) is 4.74 Å². The van der Waals surface area contributed by atoms with E-state index in [2.05, 4.69) is 0 Å². The van der Waals surface area contributed by atoms with Crippen LogP contribution in [0.4, 0.5) is 5.69 Å². The van der Waals surface area contributed by atoms with Crippen LogP contribution in [0.1, 0.15) is 36.6 Å². The van der Waals surface area contributed by atoms with Gasteiger partial charge in [0.1, 0.15) is 17.9 Å². The largest absolute Gasteiger partial charge is 0.507 e. The third-order valence-electron chi connectivity index (χ3n) is 4.46. The molecule has 0 unspecified atom stereocenters. The highest BCUT2D eigenvalue weighted by atomic mass is 16.5. The smallest absolute Gasteiger partial charge is 0.342 e. The van der Waals surface area contributed by atoms with Gasteiger partial charge in [-0.1, -0.05) is 36.4 Å². The fourth-order valence-corrected chi connectivity index (χ4v) is 3.08. The summed E-state index contributed by atoms with van der Waals surface area (Å²) >= 11 is 0. The molecule has 3 aromatic carbocycles. The molecule has 1 N–H and O–H groups in total. The molecule has 0 aliphatic carbocycles. The van der Waals surface area contributed by atoms with E-state index in [1.54, 1.807) is 60.7 Å². The maximum absolute atomic E-state index is 12.6. The number of aromatic hydroxyl groups is 1. The Kier molecular flexibility index (Phi) is 4.37. The van der Waals surface area contributed by atoms with Gasteiger partial charge in [-0.15, -0.1) is 0 Å². The predicted molar refractivity (Wildman–Crippen MR) is 101 cm³/mol. The maximum atomic E-state index is 12.6. The minimum absolute atomic E-state index is 0.0653. The number of fused-ring (bicyclic) bond motifs is 1. The molecule has 1 heterocycles. The minimum Gasteiger partial charge on any atom is -0.507 e. The highest BCUT2D eigenvalue weighted by Crippen LogP contribution is 2.29. The van der Waals surface area contributed by atoms with Gasteiger partial charge in [-0.2, -0.15) is 0 Å². The zero-order valence-corrected chi connectivity index (χ0v) is 14.7. The van der Waals surface area contributed by atoms with E-state index in [0.717, 1.165) is 4.90 Å².